The highest BCUT2D eigenvalue weighted by atomic mass is 16.3. The quantitative estimate of drug-likeness (QED) is 0.630. The van der Waals surface area contributed by atoms with Crippen molar-refractivity contribution in [2.75, 3.05) is 13.2 Å². The normalized spacial score (nSPS) is 41.7. The Bertz CT molecular complexity index is 138. The standard InChI is InChI=1S/C9H17NO/c11-4-3-10-9-6-7-1-2-8(9)5-7/h7-11H,1-6H2/t7-,8+,9+/m1/s1. The fraction of sp³-hybridized carbons (Fsp3) is 1.00. The SMILES string of the molecule is OCCN[C@H]1C[C@@H]2CC[C@H]1C2. The van der Waals surface area contributed by atoms with Crippen molar-refractivity contribution in [1.29, 1.82) is 0 Å². The van der Waals surface area contributed by atoms with E-state index in [9.17, 15) is 0 Å². The summed E-state index contributed by atoms with van der Waals surface area (Å²) in [4.78, 5) is 0. The lowest BCUT2D eigenvalue weighted by Crippen LogP contribution is -2.35. The van der Waals surface area contributed by atoms with Crippen LogP contribution in [0.15, 0.2) is 0 Å². The average Bonchev–Trinajstić information content (AvgIpc) is 2.60. The third-order valence-corrected chi connectivity index (χ3v) is 3.26. The van der Waals surface area contributed by atoms with Gasteiger partial charge in [-0.05, 0) is 31.1 Å². The number of aliphatic hydroxyl groups is 1. The van der Waals surface area contributed by atoms with Gasteiger partial charge in [-0.3, -0.25) is 0 Å². The highest BCUT2D eigenvalue weighted by Crippen LogP contribution is 2.44. The molecule has 0 spiro atoms. The Balaban J connectivity index is 1.78. The molecular formula is C9H17NO. The number of aliphatic hydroxyl groups excluding tert-OH is 1. The highest BCUT2D eigenvalue weighted by molar-refractivity contribution is 4.93. The van der Waals surface area contributed by atoms with E-state index in [0.29, 0.717) is 0 Å². The Hall–Kier alpha value is -0.0800. The van der Waals surface area contributed by atoms with Crippen molar-refractivity contribution in [2.24, 2.45) is 11.8 Å². The fourth-order valence-corrected chi connectivity index (χ4v) is 2.74. The van der Waals surface area contributed by atoms with E-state index >= 15 is 0 Å². The molecule has 0 aromatic rings. The van der Waals surface area contributed by atoms with Crippen molar-refractivity contribution in [3.63, 3.8) is 0 Å². The fourth-order valence-electron chi connectivity index (χ4n) is 2.74. The molecule has 2 aliphatic carbocycles. The Morgan fingerprint density at radius 3 is 2.73 bits per heavy atom. The molecule has 2 heteroatoms. The Labute approximate surface area is 68.0 Å². The molecule has 0 radical (unpaired) electrons. The van der Waals surface area contributed by atoms with Crippen LogP contribution >= 0.6 is 0 Å². The lowest BCUT2D eigenvalue weighted by molar-refractivity contribution is 0.266. The van der Waals surface area contributed by atoms with Crippen LogP contribution in [0.4, 0.5) is 0 Å². The van der Waals surface area contributed by atoms with E-state index in [2.05, 4.69) is 5.32 Å². The lowest BCUT2D eigenvalue weighted by Gasteiger charge is -2.22. The third kappa shape index (κ3) is 1.42. The first-order chi connectivity index (χ1) is 5.40. The third-order valence-electron chi connectivity index (χ3n) is 3.26. The summed E-state index contributed by atoms with van der Waals surface area (Å²) in [5, 5.41) is 12.0. The van der Waals surface area contributed by atoms with E-state index in [1.807, 2.05) is 0 Å². The minimum absolute atomic E-state index is 0.286. The van der Waals surface area contributed by atoms with Crippen molar-refractivity contribution in [2.45, 2.75) is 31.7 Å². The summed E-state index contributed by atoms with van der Waals surface area (Å²) < 4.78 is 0. The molecule has 2 rings (SSSR count). The van der Waals surface area contributed by atoms with Crippen molar-refractivity contribution < 1.29 is 5.11 Å². The molecule has 0 unspecified atom stereocenters. The first-order valence-electron chi connectivity index (χ1n) is 4.74. The van der Waals surface area contributed by atoms with Crippen LogP contribution < -0.4 is 5.32 Å². The zero-order chi connectivity index (χ0) is 7.68. The minimum atomic E-state index is 0.286. The van der Waals surface area contributed by atoms with E-state index in [0.717, 1.165) is 24.4 Å². The lowest BCUT2D eigenvalue weighted by atomic mass is 9.95. The van der Waals surface area contributed by atoms with Crippen LogP contribution in [-0.2, 0) is 0 Å². The van der Waals surface area contributed by atoms with E-state index in [4.69, 9.17) is 5.11 Å². The van der Waals surface area contributed by atoms with Crippen molar-refractivity contribution in [3.05, 3.63) is 0 Å². The predicted molar refractivity (Wildman–Crippen MR) is 44.3 cm³/mol. The van der Waals surface area contributed by atoms with Gasteiger partial charge in [0, 0.05) is 12.6 Å². The van der Waals surface area contributed by atoms with E-state index in [-0.39, 0.29) is 6.61 Å². The van der Waals surface area contributed by atoms with Gasteiger partial charge in [0.25, 0.3) is 0 Å². The number of fused-ring (bicyclic) bond motifs is 2. The van der Waals surface area contributed by atoms with Crippen molar-refractivity contribution >= 4 is 0 Å². The molecule has 0 aromatic heterocycles. The van der Waals surface area contributed by atoms with Gasteiger partial charge < -0.3 is 10.4 Å². The number of hydrogen-bond acceptors (Lipinski definition) is 2. The topological polar surface area (TPSA) is 32.3 Å². The molecule has 2 aliphatic rings. The number of rotatable bonds is 3. The minimum Gasteiger partial charge on any atom is -0.395 e. The van der Waals surface area contributed by atoms with Crippen molar-refractivity contribution in [3.8, 4) is 0 Å². The van der Waals surface area contributed by atoms with E-state index in [1.54, 1.807) is 0 Å². The monoisotopic (exact) mass is 155 g/mol. The molecule has 0 amide bonds. The molecule has 2 nitrogen and oxygen atoms in total. The maximum Gasteiger partial charge on any atom is 0.0556 e. The molecule has 0 heterocycles. The maximum absolute atomic E-state index is 8.63. The van der Waals surface area contributed by atoms with Gasteiger partial charge in [0.15, 0.2) is 0 Å². The summed E-state index contributed by atoms with van der Waals surface area (Å²) in [6.45, 7) is 1.07. The van der Waals surface area contributed by atoms with E-state index < -0.39 is 0 Å². The van der Waals surface area contributed by atoms with Gasteiger partial charge in [-0.15, -0.1) is 0 Å². The van der Waals surface area contributed by atoms with Crippen LogP contribution in [0.5, 0.6) is 0 Å². The van der Waals surface area contributed by atoms with Crippen LogP contribution in [0, 0.1) is 11.8 Å². The maximum atomic E-state index is 8.63. The van der Waals surface area contributed by atoms with Gasteiger partial charge in [0.1, 0.15) is 0 Å². The van der Waals surface area contributed by atoms with Gasteiger partial charge >= 0.3 is 0 Å². The molecule has 2 saturated carbocycles. The molecule has 2 bridgehead atoms. The Kier molecular flexibility index (Phi) is 2.14. The van der Waals surface area contributed by atoms with Gasteiger partial charge in [0.2, 0.25) is 0 Å². The zero-order valence-electron chi connectivity index (χ0n) is 6.92. The molecular weight excluding hydrogens is 138 g/mol. The number of hydrogen-bond donors (Lipinski definition) is 2. The van der Waals surface area contributed by atoms with Crippen LogP contribution in [0.3, 0.4) is 0 Å². The summed E-state index contributed by atoms with van der Waals surface area (Å²) in [5.74, 6) is 1.95. The second-order valence-corrected chi connectivity index (χ2v) is 3.96. The zero-order valence-corrected chi connectivity index (χ0v) is 6.92. The smallest absolute Gasteiger partial charge is 0.0556 e. The molecule has 11 heavy (non-hydrogen) atoms. The first-order valence-corrected chi connectivity index (χ1v) is 4.74. The molecule has 0 aromatic carbocycles. The summed E-state index contributed by atoms with van der Waals surface area (Å²) in [5.41, 5.74) is 0. The summed E-state index contributed by atoms with van der Waals surface area (Å²) in [6, 6.07) is 0.737. The van der Waals surface area contributed by atoms with E-state index in [1.165, 1.54) is 25.7 Å². The van der Waals surface area contributed by atoms with Crippen LogP contribution in [-0.4, -0.2) is 24.3 Å². The summed E-state index contributed by atoms with van der Waals surface area (Å²) >= 11 is 0. The van der Waals surface area contributed by atoms with Crippen molar-refractivity contribution in [1.82, 2.24) is 5.32 Å². The van der Waals surface area contributed by atoms with Gasteiger partial charge in [-0.1, -0.05) is 6.42 Å². The predicted octanol–water partition coefficient (Wildman–Crippen LogP) is 0.757. The Morgan fingerprint density at radius 2 is 2.18 bits per heavy atom. The summed E-state index contributed by atoms with van der Waals surface area (Å²) in [7, 11) is 0. The highest BCUT2D eigenvalue weighted by Gasteiger charge is 2.38. The molecule has 3 atom stereocenters. The van der Waals surface area contributed by atoms with Crippen LogP contribution in [0.25, 0.3) is 0 Å². The largest absolute Gasteiger partial charge is 0.395 e. The van der Waals surface area contributed by atoms with Gasteiger partial charge in [-0.25, -0.2) is 0 Å². The molecule has 2 fully saturated rings. The van der Waals surface area contributed by atoms with Gasteiger partial charge in [0.05, 0.1) is 6.61 Å². The van der Waals surface area contributed by atoms with Crippen LogP contribution in [0.1, 0.15) is 25.7 Å². The average molecular weight is 155 g/mol. The second-order valence-electron chi connectivity index (χ2n) is 3.96. The molecule has 0 saturated heterocycles. The second kappa shape index (κ2) is 3.11. The van der Waals surface area contributed by atoms with Gasteiger partial charge in [-0.2, -0.15) is 0 Å². The number of nitrogens with one attached hydrogen (secondary N) is 1. The van der Waals surface area contributed by atoms with Crippen LogP contribution in [0.2, 0.25) is 0 Å². The molecule has 2 N–H and O–H groups in total. The molecule has 64 valence electrons. The summed E-state index contributed by atoms with van der Waals surface area (Å²) in [6.07, 6.45) is 5.70. The molecule has 0 aliphatic heterocycles. The Morgan fingerprint density at radius 1 is 1.27 bits per heavy atom. The first kappa shape index (κ1) is 7.56.